The first-order chi connectivity index (χ1) is 8.12. The van der Waals surface area contributed by atoms with Crippen LogP contribution >= 0.6 is 10.7 Å². The Morgan fingerprint density at radius 1 is 1.17 bits per heavy atom. The third kappa shape index (κ3) is 4.51. The van der Waals surface area contributed by atoms with Crippen molar-refractivity contribution in [2.45, 2.75) is 24.8 Å². The SMILES string of the molecule is CC(C)c1cc(S(=O)(=O)CCS(=O)(=O)Cl)ncn1. The fourth-order valence-electron chi connectivity index (χ4n) is 1.15. The maximum atomic E-state index is 11.8. The highest BCUT2D eigenvalue weighted by Crippen LogP contribution is 2.15. The first-order valence-corrected chi connectivity index (χ1v) is 9.22. The van der Waals surface area contributed by atoms with Crippen LogP contribution in [0, 0.1) is 0 Å². The molecule has 18 heavy (non-hydrogen) atoms. The molecule has 0 aliphatic rings. The number of rotatable bonds is 5. The molecule has 0 bridgehead atoms. The molecule has 0 radical (unpaired) electrons. The molecular formula is C9H13ClN2O4S2. The van der Waals surface area contributed by atoms with Crippen LogP contribution in [0.3, 0.4) is 0 Å². The van der Waals surface area contributed by atoms with E-state index in [1.165, 1.54) is 6.07 Å². The molecule has 0 spiro atoms. The molecule has 1 aromatic heterocycles. The van der Waals surface area contributed by atoms with Gasteiger partial charge in [-0.1, -0.05) is 13.8 Å². The quantitative estimate of drug-likeness (QED) is 0.593. The summed E-state index contributed by atoms with van der Waals surface area (Å²) in [6.07, 6.45) is 1.15. The monoisotopic (exact) mass is 312 g/mol. The Kier molecular flexibility index (Phi) is 4.68. The minimum absolute atomic E-state index is 0.0544. The maximum absolute atomic E-state index is 11.8. The van der Waals surface area contributed by atoms with Crippen LogP contribution in [0.25, 0.3) is 0 Å². The predicted molar refractivity (Wildman–Crippen MR) is 67.8 cm³/mol. The third-order valence-electron chi connectivity index (χ3n) is 2.17. The lowest BCUT2D eigenvalue weighted by Crippen LogP contribution is -2.16. The molecule has 0 aliphatic carbocycles. The fourth-order valence-corrected chi connectivity index (χ4v) is 4.11. The third-order valence-corrected chi connectivity index (χ3v) is 5.18. The van der Waals surface area contributed by atoms with Crippen LogP contribution in [-0.4, -0.2) is 38.3 Å². The number of hydrogen-bond donors (Lipinski definition) is 0. The summed E-state index contributed by atoms with van der Waals surface area (Å²) in [5.41, 5.74) is 0.581. The summed E-state index contributed by atoms with van der Waals surface area (Å²) in [5.74, 6) is -1.18. The van der Waals surface area contributed by atoms with Crippen molar-refractivity contribution in [2.75, 3.05) is 11.5 Å². The first-order valence-electron chi connectivity index (χ1n) is 5.09. The van der Waals surface area contributed by atoms with E-state index in [1.54, 1.807) is 0 Å². The molecule has 0 unspecified atom stereocenters. The van der Waals surface area contributed by atoms with E-state index in [2.05, 4.69) is 9.97 Å². The second-order valence-corrected chi connectivity index (χ2v) is 8.95. The average Bonchev–Trinajstić information content (AvgIpc) is 2.26. The van der Waals surface area contributed by atoms with Crippen molar-refractivity contribution in [3.8, 4) is 0 Å². The van der Waals surface area contributed by atoms with E-state index in [0.29, 0.717) is 5.69 Å². The molecule has 1 aromatic rings. The summed E-state index contributed by atoms with van der Waals surface area (Å²) in [6, 6.07) is 1.35. The first kappa shape index (κ1) is 15.3. The van der Waals surface area contributed by atoms with Gasteiger partial charge in [0.2, 0.25) is 9.05 Å². The molecule has 0 fully saturated rings. The topological polar surface area (TPSA) is 94.1 Å². The van der Waals surface area contributed by atoms with Crippen molar-refractivity contribution in [3.63, 3.8) is 0 Å². The van der Waals surface area contributed by atoms with E-state index >= 15 is 0 Å². The van der Waals surface area contributed by atoms with Crippen LogP contribution in [0.15, 0.2) is 17.4 Å². The van der Waals surface area contributed by atoms with Crippen molar-refractivity contribution < 1.29 is 16.8 Å². The van der Waals surface area contributed by atoms with Crippen LogP contribution in [-0.2, 0) is 18.9 Å². The molecule has 0 saturated heterocycles. The highest BCUT2D eigenvalue weighted by atomic mass is 35.7. The molecule has 1 heterocycles. The Balaban J connectivity index is 3.02. The smallest absolute Gasteiger partial charge is 0.233 e. The van der Waals surface area contributed by atoms with Crippen LogP contribution in [0.4, 0.5) is 0 Å². The largest absolute Gasteiger partial charge is 0.241 e. The van der Waals surface area contributed by atoms with Gasteiger partial charge in [-0.2, -0.15) is 0 Å². The highest BCUT2D eigenvalue weighted by molar-refractivity contribution is 8.14. The molecule has 0 aromatic carbocycles. The average molecular weight is 313 g/mol. The van der Waals surface area contributed by atoms with Gasteiger partial charge in [-0.05, 0) is 12.0 Å². The van der Waals surface area contributed by atoms with Crippen molar-refractivity contribution in [2.24, 2.45) is 0 Å². The van der Waals surface area contributed by atoms with Gasteiger partial charge >= 0.3 is 0 Å². The van der Waals surface area contributed by atoms with Crippen molar-refractivity contribution in [1.29, 1.82) is 0 Å². The van der Waals surface area contributed by atoms with E-state index in [9.17, 15) is 16.8 Å². The van der Waals surface area contributed by atoms with Crippen molar-refractivity contribution in [3.05, 3.63) is 18.1 Å². The zero-order chi connectivity index (χ0) is 14.0. The molecule has 0 aliphatic heterocycles. The second-order valence-electron chi connectivity index (χ2n) is 4.00. The molecule has 6 nitrogen and oxygen atoms in total. The number of hydrogen-bond acceptors (Lipinski definition) is 6. The molecule has 0 atom stereocenters. The molecule has 0 N–H and O–H groups in total. The Morgan fingerprint density at radius 2 is 1.78 bits per heavy atom. The lowest BCUT2D eigenvalue weighted by Gasteiger charge is -2.06. The summed E-state index contributed by atoms with van der Waals surface area (Å²) >= 11 is 0. The van der Waals surface area contributed by atoms with Crippen LogP contribution in [0.5, 0.6) is 0 Å². The zero-order valence-corrected chi connectivity index (χ0v) is 12.3. The molecule has 1 rings (SSSR count). The molecular weight excluding hydrogens is 300 g/mol. The lowest BCUT2D eigenvalue weighted by molar-refractivity contribution is 0.588. The van der Waals surface area contributed by atoms with E-state index in [-0.39, 0.29) is 10.9 Å². The van der Waals surface area contributed by atoms with Crippen molar-refractivity contribution in [1.82, 2.24) is 9.97 Å². The van der Waals surface area contributed by atoms with Gasteiger partial charge in [0.25, 0.3) is 0 Å². The van der Waals surface area contributed by atoms with Crippen LogP contribution in [0.2, 0.25) is 0 Å². The van der Waals surface area contributed by atoms with E-state index < -0.39 is 30.4 Å². The van der Waals surface area contributed by atoms with Crippen LogP contribution in [0.1, 0.15) is 25.5 Å². The van der Waals surface area contributed by atoms with Gasteiger partial charge in [0.05, 0.1) is 11.5 Å². The molecule has 102 valence electrons. The minimum Gasteiger partial charge on any atom is -0.241 e. The van der Waals surface area contributed by atoms with Gasteiger partial charge in [0, 0.05) is 16.4 Å². The molecule has 9 heteroatoms. The van der Waals surface area contributed by atoms with Gasteiger partial charge < -0.3 is 0 Å². The lowest BCUT2D eigenvalue weighted by atomic mass is 10.1. The summed E-state index contributed by atoms with van der Waals surface area (Å²) in [5, 5.41) is -0.179. The second kappa shape index (κ2) is 5.50. The number of nitrogens with zero attached hydrogens (tertiary/aromatic N) is 2. The van der Waals surface area contributed by atoms with Crippen molar-refractivity contribution >= 4 is 29.6 Å². The predicted octanol–water partition coefficient (Wildman–Crippen LogP) is 0.942. The number of sulfone groups is 1. The molecule has 0 saturated carbocycles. The van der Waals surface area contributed by atoms with Crippen LogP contribution < -0.4 is 0 Å². The van der Waals surface area contributed by atoms with E-state index in [4.69, 9.17) is 10.7 Å². The number of aromatic nitrogens is 2. The van der Waals surface area contributed by atoms with Gasteiger partial charge in [-0.25, -0.2) is 26.8 Å². The normalized spacial score (nSPS) is 12.9. The summed E-state index contributed by atoms with van der Waals surface area (Å²) in [4.78, 5) is 7.60. The highest BCUT2D eigenvalue weighted by Gasteiger charge is 2.20. The number of halogens is 1. The van der Waals surface area contributed by atoms with Gasteiger partial charge in [-0.15, -0.1) is 0 Å². The Labute approximate surface area is 111 Å². The standard InChI is InChI=1S/C9H13ClN2O4S2/c1-7(2)8-5-9(12-6-11-8)17(13,14)3-4-18(10,15)16/h5-7H,3-4H2,1-2H3. The summed E-state index contributed by atoms with van der Waals surface area (Å²) in [7, 11) is -2.62. The summed E-state index contributed by atoms with van der Waals surface area (Å²) in [6.45, 7) is 3.73. The van der Waals surface area contributed by atoms with E-state index in [0.717, 1.165) is 6.33 Å². The van der Waals surface area contributed by atoms with Gasteiger partial charge in [0.1, 0.15) is 6.33 Å². The van der Waals surface area contributed by atoms with Gasteiger partial charge in [-0.3, -0.25) is 0 Å². The Hall–Kier alpha value is -0.730. The zero-order valence-electron chi connectivity index (χ0n) is 9.87. The molecule has 0 amide bonds. The minimum atomic E-state index is -3.84. The maximum Gasteiger partial charge on any atom is 0.233 e. The van der Waals surface area contributed by atoms with E-state index in [1.807, 2.05) is 13.8 Å². The van der Waals surface area contributed by atoms with Gasteiger partial charge in [0.15, 0.2) is 14.9 Å². The Morgan fingerprint density at radius 3 is 2.28 bits per heavy atom. The Bertz CT molecular complexity index is 626. The summed E-state index contributed by atoms with van der Waals surface area (Å²) < 4.78 is 45.2. The fraction of sp³-hybridized carbons (Fsp3) is 0.556.